The second-order valence-electron chi connectivity index (χ2n) is 4.25. The number of carbonyl (C=O) groups excluding carboxylic acids is 1. The number of hydrogen-bond donors (Lipinski definition) is 0. The van der Waals surface area contributed by atoms with Gasteiger partial charge in [0.25, 0.3) is 0 Å². The van der Waals surface area contributed by atoms with Crippen molar-refractivity contribution in [2.75, 3.05) is 25.5 Å². The number of sulfonamides is 1. The maximum Gasteiger partial charge on any atom is 0.217 e. The molecule has 1 aliphatic rings. The van der Waals surface area contributed by atoms with Crippen LogP contribution in [0.4, 0.5) is 0 Å². The molecule has 1 fully saturated rings. The third-order valence-electron chi connectivity index (χ3n) is 2.97. The van der Waals surface area contributed by atoms with Gasteiger partial charge in [-0.15, -0.1) is 0 Å². The Morgan fingerprint density at radius 3 is 2.71 bits per heavy atom. The fraction of sp³-hybridized carbons (Fsp3) is 0.909. The number of hydrogen-bond acceptors (Lipinski definition) is 4. The molecule has 6 heteroatoms. The molecule has 17 heavy (non-hydrogen) atoms. The Morgan fingerprint density at radius 2 is 2.12 bits per heavy atom. The van der Waals surface area contributed by atoms with Crippen molar-refractivity contribution in [3.05, 3.63) is 0 Å². The van der Waals surface area contributed by atoms with Crippen LogP contribution in [0.1, 0.15) is 33.1 Å². The molecule has 100 valence electrons. The van der Waals surface area contributed by atoms with Crippen molar-refractivity contribution < 1.29 is 17.9 Å². The lowest BCUT2D eigenvalue weighted by atomic mass is 10.0. The zero-order valence-corrected chi connectivity index (χ0v) is 11.3. The average Bonchev–Trinajstić information content (AvgIpc) is 2.29. The lowest BCUT2D eigenvalue weighted by Gasteiger charge is -2.32. The summed E-state index contributed by atoms with van der Waals surface area (Å²) in [5.74, 6) is -0.102. The lowest BCUT2D eigenvalue weighted by molar-refractivity contribution is -0.121. The predicted molar refractivity (Wildman–Crippen MR) is 65.3 cm³/mol. The van der Waals surface area contributed by atoms with Gasteiger partial charge in [0.05, 0.1) is 18.4 Å². The van der Waals surface area contributed by atoms with Gasteiger partial charge in [-0.05, 0) is 26.7 Å². The second kappa shape index (κ2) is 6.47. The van der Waals surface area contributed by atoms with Gasteiger partial charge in [-0.1, -0.05) is 6.42 Å². The minimum absolute atomic E-state index is 0.0371. The Kier molecular flexibility index (Phi) is 5.55. The summed E-state index contributed by atoms with van der Waals surface area (Å²) in [7, 11) is -3.36. The number of carbonyl (C=O) groups is 1. The average molecular weight is 263 g/mol. The highest BCUT2D eigenvalue weighted by Crippen LogP contribution is 2.21. The van der Waals surface area contributed by atoms with Crippen LogP contribution < -0.4 is 0 Å². The number of Topliss-reactive ketones (excluding diaryl/α,β-unsaturated/α-hetero) is 1. The Morgan fingerprint density at radius 1 is 1.41 bits per heavy atom. The van der Waals surface area contributed by atoms with Gasteiger partial charge >= 0.3 is 0 Å². The van der Waals surface area contributed by atoms with E-state index < -0.39 is 16.1 Å². The third kappa shape index (κ3) is 4.04. The van der Waals surface area contributed by atoms with Crippen molar-refractivity contribution in [3.8, 4) is 0 Å². The number of ether oxygens (including phenoxy) is 1. The van der Waals surface area contributed by atoms with Crippen LogP contribution in [-0.4, -0.2) is 50.1 Å². The number of nitrogens with zero attached hydrogens (tertiary/aromatic N) is 1. The summed E-state index contributed by atoms with van der Waals surface area (Å²) in [6.45, 7) is 4.44. The summed E-state index contributed by atoms with van der Waals surface area (Å²) in [6.07, 6.45) is 2.39. The van der Waals surface area contributed by atoms with Crippen molar-refractivity contribution in [2.24, 2.45) is 0 Å². The molecule has 1 aliphatic heterocycles. The molecule has 0 aromatic rings. The van der Waals surface area contributed by atoms with Crippen molar-refractivity contribution >= 4 is 15.8 Å². The van der Waals surface area contributed by atoms with Crippen molar-refractivity contribution in [1.82, 2.24) is 4.31 Å². The van der Waals surface area contributed by atoms with E-state index in [0.717, 1.165) is 12.8 Å². The molecule has 1 unspecified atom stereocenters. The van der Waals surface area contributed by atoms with Crippen LogP contribution in [0, 0.1) is 0 Å². The zero-order valence-electron chi connectivity index (χ0n) is 10.5. The van der Waals surface area contributed by atoms with E-state index in [2.05, 4.69) is 0 Å². The first-order valence-corrected chi connectivity index (χ1v) is 7.67. The summed E-state index contributed by atoms with van der Waals surface area (Å²) < 4.78 is 30.6. The fourth-order valence-electron chi connectivity index (χ4n) is 2.07. The molecule has 0 spiro atoms. The summed E-state index contributed by atoms with van der Waals surface area (Å²) >= 11 is 0. The number of piperidine rings is 1. The smallest absolute Gasteiger partial charge is 0.217 e. The van der Waals surface area contributed by atoms with Crippen LogP contribution in [0.25, 0.3) is 0 Å². The van der Waals surface area contributed by atoms with E-state index >= 15 is 0 Å². The van der Waals surface area contributed by atoms with Gasteiger partial charge in [-0.25, -0.2) is 8.42 Å². The highest BCUT2D eigenvalue weighted by molar-refractivity contribution is 7.89. The first-order chi connectivity index (χ1) is 7.99. The molecule has 0 N–H and O–H groups in total. The molecule has 1 rings (SSSR count). The minimum Gasteiger partial charge on any atom is -0.381 e. The molecule has 1 heterocycles. The van der Waals surface area contributed by atoms with Gasteiger partial charge in [0.2, 0.25) is 10.0 Å². The summed E-state index contributed by atoms with van der Waals surface area (Å²) in [5, 5.41) is 0. The summed E-state index contributed by atoms with van der Waals surface area (Å²) in [5.41, 5.74) is 0. The Balaban J connectivity index is 2.69. The van der Waals surface area contributed by atoms with E-state index in [1.165, 1.54) is 11.2 Å². The standard InChI is InChI=1S/C11H21NO4S/c1-3-16-8-9-17(14,15)12-7-5-4-6-11(12)10(2)13/h11H,3-9H2,1-2H3. The number of rotatable bonds is 6. The monoisotopic (exact) mass is 263 g/mol. The lowest BCUT2D eigenvalue weighted by Crippen LogP contribution is -2.48. The molecule has 0 amide bonds. The molecule has 0 radical (unpaired) electrons. The zero-order chi connectivity index (χ0) is 12.9. The van der Waals surface area contributed by atoms with Crippen molar-refractivity contribution in [1.29, 1.82) is 0 Å². The molecule has 0 aromatic heterocycles. The first-order valence-electron chi connectivity index (χ1n) is 6.06. The SMILES string of the molecule is CCOCCS(=O)(=O)N1CCCCC1C(C)=O. The maximum absolute atomic E-state index is 12.1. The highest BCUT2D eigenvalue weighted by atomic mass is 32.2. The molecular weight excluding hydrogens is 242 g/mol. The molecule has 5 nitrogen and oxygen atoms in total. The maximum atomic E-state index is 12.1. The van der Waals surface area contributed by atoms with Gasteiger partial charge in [-0.3, -0.25) is 4.79 Å². The fourth-order valence-corrected chi connectivity index (χ4v) is 3.68. The van der Waals surface area contributed by atoms with Gasteiger partial charge < -0.3 is 4.74 Å². The Labute approximate surface area is 103 Å². The van der Waals surface area contributed by atoms with Crippen LogP contribution in [0.2, 0.25) is 0 Å². The predicted octanol–water partition coefficient (Wildman–Crippen LogP) is 0.796. The van der Waals surface area contributed by atoms with E-state index in [9.17, 15) is 13.2 Å². The largest absolute Gasteiger partial charge is 0.381 e. The molecular formula is C11H21NO4S. The first kappa shape index (κ1) is 14.6. The summed E-state index contributed by atoms with van der Waals surface area (Å²) in [4.78, 5) is 11.4. The molecule has 0 aliphatic carbocycles. The van der Waals surface area contributed by atoms with Gasteiger partial charge in [0, 0.05) is 13.2 Å². The third-order valence-corrected chi connectivity index (χ3v) is 4.80. The molecule has 0 aromatic carbocycles. The van der Waals surface area contributed by atoms with E-state index in [0.29, 0.717) is 19.6 Å². The van der Waals surface area contributed by atoms with Crippen LogP contribution in [0.15, 0.2) is 0 Å². The van der Waals surface area contributed by atoms with Gasteiger partial charge in [0.1, 0.15) is 5.78 Å². The molecule has 1 saturated heterocycles. The topological polar surface area (TPSA) is 63.7 Å². The van der Waals surface area contributed by atoms with E-state index in [1.54, 1.807) is 0 Å². The Hall–Kier alpha value is -0.460. The van der Waals surface area contributed by atoms with Crippen LogP contribution in [0.3, 0.4) is 0 Å². The van der Waals surface area contributed by atoms with Crippen LogP contribution >= 0.6 is 0 Å². The van der Waals surface area contributed by atoms with Gasteiger partial charge in [0.15, 0.2) is 0 Å². The van der Waals surface area contributed by atoms with Gasteiger partial charge in [-0.2, -0.15) is 4.31 Å². The van der Waals surface area contributed by atoms with Crippen LogP contribution in [-0.2, 0) is 19.6 Å². The Bertz CT molecular complexity index is 352. The van der Waals surface area contributed by atoms with Crippen LogP contribution in [0.5, 0.6) is 0 Å². The van der Waals surface area contributed by atoms with E-state index in [4.69, 9.17) is 4.74 Å². The quantitative estimate of drug-likeness (QED) is 0.665. The normalized spacial score (nSPS) is 22.6. The van der Waals surface area contributed by atoms with E-state index in [1.807, 2.05) is 6.92 Å². The second-order valence-corrected chi connectivity index (χ2v) is 6.29. The molecule has 0 saturated carbocycles. The molecule has 0 bridgehead atoms. The minimum atomic E-state index is -3.36. The highest BCUT2D eigenvalue weighted by Gasteiger charge is 2.34. The van der Waals surface area contributed by atoms with E-state index in [-0.39, 0.29) is 18.1 Å². The molecule has 1 atom stereocenters. The van der Waals surface area contributed by atoms with Crippen molar-refractivity contribution in [2.45, 2.75) is 39.2 Å². The van der Waals surface area contributed by atoms with Crippen molar-refractivity contribution in [3.63, 3.8) is 0 Å². The number of ketones is 1. The summed E-state index contributed by atoms with van der Waals surface area (Å²) in [6, 6.07) is -0.463.